The lowest BCUT2D eigenvalue weighted by molar-refractivity contribution is 0.280. The van der Waals surface area contributed by atoms with Crippen LogP contribution in [-0.2, 0) is 18.4 Å². The number of aliphatic hydroxyl groups excluding tert-OH is 1. The summed E-state index contributed by atoms with van der Waals surface area (Å²) in [6.45, 7) is 8.54. The van der Waals surface area contributed by atoms with Crippen molar-refractivity contribution in [3.8, 4) is 11.8 Å². The Labute approximate surface area is 125 Å². The first kappa shape index (κ1) is 15.4. The van der Waals surface area contributed by atoms with Crippen molar-refractivity contribution in [1.29, 1.82) is 0 Å². The molecule has 0 aliphatic rings. The second kappa shape index (κ2) is 6.22. The van der Waals surface area contributed by atoms with Crippen molar-refractivity contribution in [1.82, 2.24) is 9.97 Å². The Morgan fingerprint density at radius 3 is 2.29 bits per heavy atom. The minimum absolute atomic E-state index is 0.0223. The zero-order valence-electron chi connectivity index (χ0n) is 13.1. The molecular weight excluding hydrogens is 264 g/mol. The number of rotatable bonds is 4. The fourth-order valence-electron chi connectivity index (χ4n) is 2.05. The van der Waals surface area contributed by atoms with Gasteiger partial charge in [0.1, 0.15) is 5.75 Å². The van der Waals surface area contributed by atoms with Crippen LogP contribution in [0.4, 0.5) is 0 Å². The van der Waals surface area contributed by atoms with Crippen LogP contribution in [0.25, 0.3) is 0 Å². The maximum Gasteiger partial charge on any atom is 0.321 e. The minimum atomic E-state index is -0.0707. The van der Waals surface area contributed by atoms with Gasteiger partial charge >= 0.3 is 6.01 Å². The molecule has 0 amide bonds. The molecule has 2 aromatic rings. The number of nitrogens with zero attached hydrogens (tertiary/aromatic N) is 2. The predicted molar refractivity (Wildman–Crippen MR) is 82.5 cm³/mol. The molecule has 112 valence electrons. The van der Waals surface area contributed by atoms with Crippen molar-refractivity contribution in [2.75, 3.05) is 0 Å². The first-order valence-electron chi connectivity index (χ1n) is 7.17. The van der Waals surface area contributed by atoms with Crippen molar-refractivity contribution in [3.05, 3.63) is 47.3 Å². The Morgan fingerprint density at radius 1 is 1.10 bits per heavy atom. The molecule has 0 aliphatic carbocycles. The van der Waals surface area contributed by atoms with E-state index in [0.717, 1.165) is 17.7 Å². The smallest absolute Gasteiger partial charge is 0.321 e. The van der Waals surface area contributed by atoms with Crippen LogP contribution in [0.2, 0.25) is 0 Å². The molecule has 2 rings (SSSR count). The summed E-state index contributed by atoms with van der Waals surface area (Å²) in [6.07, 6.45) is 4.13. The molecular formula is C17H22N2O2. The van der Waals surface area contributed by atoms with Crippen LogP contribution < -0.4 is 4.74 Å². The lowest BCUT2D eigenvalue weighted by atomic mass is 9.85. The van der Waals surface area contributed by atoms with Gasteiger partial charge < -0.3 is 9.84 Å². The van der Waals surface area contributed by atoms with Crippen molar-refractivity contribution >= 4 is 0 Å². The molecule has 0 atom stereocenters. The van der Waals surface area contributed by atoms with Gasteiger partial charge in [0.2, 0.25) is 0 Å². The van der Waals surface area contributed by atoms with Gasteiger partial charge in [0.05, 0.1) is 6.61 Å². The number of aliphatic hydroxyl groups is 1. The van der Waals surface area contributed by atoms with E-state index >= 15 is 0 Å². The summed E-state index contributed by atoms with van der Waals surface area (Å²) in [7, 11) is 0. The second-order valence-corrected chi connectivity index (χ2v) is 6.07. The fraction of sp³-hybridized carbons (Fsp3) is 0.412. The lowest BCUT2D eigenvalue weighted by Gasteiger charge is -2.23. The fourth-order valence-corrected chi connectivity index (χ4v) is 2.05. The third-order valence-corrected chi connectivity index (χ3v) is 3.33. The average Bonchev–Trinajstić information content (AvgIpc) is 2.47. The molecule has 4 heteroatoms. The molecule has 0 aliphatic heterocycles. The Balaban J connectivity index is 2.34. The molecule has 4 nitrogen and oxygen atoms in total. The van der Waals surface area contributed by atoms with E-state index in [9.17, 15) is 0 Å². The van der Waals surface area contributed by atoms with Gasteiger partial charge in [-0.05, 0) is 23.5 Å². The minimum Gasteiger partial charge on any atom is -0.424 e. The molecule has 0 saturated heterocycles. The van der Waals surface area contributed by atoms with Crippen LogP contribution >= 0.6 is 0 Å². The van der Waals surface area contributed by atoms with E-state index in [1.807, 2.05) is 6.07 Å². The van der Waals surface area contributed by atoms with Gasteiger partial charge in [0, 0.05) is 23.5 Å². The van der Waals surface area contributed by atoms with Crippen molar-refractivity contribution in [3.63, 3.8) is 0 Å². The lowest BCUT2D eigenvalue weighted by Crippen LogP contribution is -2.13. The molecule has 0 radical (unpaired) electrons. The highest BCUT2D eigenvalue weighted by atomic mass is 16.5. The molecule has 0 spiro atoms. The van der Waals surface area contributed by atoms with Crippen LogP contribution in [0.15, 0.2) is 30.6 Å². The Kier molecular flexibility index (Phi) is 4.58. The van der Waals surface area contributed by atoms with Crippen LogP contribution in [0, 0.1) is 0 Å². The highest BCUT2D eigenvalue weighted by molar-refractivity contribution is 5.42. The van der Waals surface area contributed by atoms with E-state index in [-0.39, 0.29) is 12.0 Å². The average molecular weight is 286 g/mol. The number of ether oxygens (including phenoxy) is 1. The maximum absolute atomic E-state index is 9.01. The van der Waals surface area contributed by atoms with Gasteiger partial charge in [-0.1, -0.05) is 39.8 Å². The summed E-state index contributed by atoms with van der Waals surface area (Å²) in [6, 6.07) is 6.51. The molecule has 21 heavy (non-hydrogen) atoms. The van der Waals surface area contributed by atoms with E-state index in [0.29, 0.717) is 11.6 Å². The molecule has 0 bridgehead atoms. The number of hydrogen-bond acceptors (Lipinski definition) is 4. The van der Waals surface area contributed by atoms with E-state index in [2.05, 4.69) is 49.8 Å². The number of aryl methyl sites for hydroxylation is 1. The van der Waals surface area contributed by atoms with E-state index < -0.39 is 0 Å². The van der Waals surface area contributed by atoms with Crippen LogP contribution in [0.5, 0.6) is 11.8 Å². The first-order valence-corrected chi connectivity index (χ1v) is 7.17. The van der Waals surface area contributed by atoms with Crippen LogP contribution in [0.3, 0.4) is 0 Å². The predicted octanol–water partition coefficient (Wildman–Crippen LogP) is 3.62. The summed E-state index contributed by atoms with van der Waals surface area (Å²) in [5, 5.41) is 9.01. The largest absolute Gasteiger partial charge is 0.424 e. The number of aromatic nitrogens is 2. The summed E-state index contributed by atoms with van der Waals surface area (Å²) < 4.78 is 5.83. The van der Waals surface area contributed by atoms with E-state index in [1.165, 1.54) is 5.56 Å². The third kappa shape index (κ3) is 3.79. The summed E-state index contributed by atoms with van der Waals surface area (Å²) in [4.78, 5) is 8.23. The Hall–Kier alpha value is -1.94. The second-order valence-electron chi connectivity index (χ2n) is 6.07. The molecule has 1 N–H and O–H groups in total. The summed E-state index contributed by atoms with van der Waals surface area (Å²) in [5.41, 5.74) is 3.06. The Morgan fingerprint density at radius 2 is 1.76 bits per heavy atom. The third-order valence-electron chi connectivity index (χ3n) is 3.33. The highest BCUT2D eigenvalue weighted by Crippen LogP contribution is 2.34. The van der Waals surface area contributed by atoms with Crippen molar-refractivity contribution in [2.45, 2.75) is 46.1 Å². The zero-order valence-corrected chi connectivity index (χ0v) is 13.1. The van der Waals surface area contributed by atoms with Gasteiger partial charge in [-0.2, -0.15) is 0 Å². The first-order chi connectivity index (χ1) is 9.94. The van der Waals surface area contributed by atoms with Crippen molar-refractivity contribution < 1.29 is 9.84 Å². The van der Waals surface area contributed by atoms with Crippen LogP contribution in [0.1, 0.15) is 44.4 Å². The monoisotopic (exact) mass is 286 g/mol. The number of hydrogen-bond donors (Lipinski definition) is 1. The van der Waals surface area contributed by atoms with Crippen molar-refractivity contribution in [2.24, 2.45) is 0 Å². The van der Waals surface area contributed by atoms with Gasteiger partial charge in [-0.15, -0.1) is 0 Å². The molecule has 1 heterocycles. The molecule has 0 saturated carbocycles. The molecule has 0 fully saturated rings. The van der Waals surface area contributed by atoms with Crippen LogP contribution in [-0.4, -0.2) is 15.1 Å². The quantitative estimate of drug-likeness (QED) is 0.932. The SMILES string of the molecule is CCc1ccc(Oc2ncc(CO)cn2)c(C(C)(C)C)c1. The van der Waals surface area contributed by atoms with Gasteiger partial charge in [-0.25, -0.2) is 9.97 Å². The van der Waals surface area contributed by atoms with Gasteiger partial charge in [-0.3, -0.25) is 0 Å². The zero-order chi connectivity index (χ0) is 15.5. The maximum atomic E-state index is 9.01. The van der Waals surface area contributed by atoms with E-state index in [4.69, 9.17) is 9.84 Å². The standard InChI is InChI=1S/C17H22N2O2/c1-5-12-6-7-15(14(8-12)17(2,3)4)21-16-18-9-13(11-20)10-19-16/h6-10,20H,5,11H2,1-4H3. The molecule has 0 unspecified atom stereocenters. The van der Waals surface area contributed by atoms with Gasteiger partial charge in [0.15, 0.2) is 0 Å². The topological polar surface area (TPSA) is 55.2 Å². The normalized spacial score (nSPS) is 11.5. The summed E-state index contributed by atoms with van der Waals surface area (Å²) >= 11 is 0. The molecule has 1 aromatic carbocycles. The van der Waals surface area contributed by atoms with Gasteiger partial charge in [0.25, 0.3) is 0 Å². The Bertz CT molecular complexity index is 601. The number of benzene rings is 1. The highest BCUT2D eigenvalue weighted by Gasteiger charge is 2.20. The molecule has 1 aromatic heterocycles. The summed E-state index contributed by atoms with van der Waals surface area (Å²) in [5.74, 6) is 0.774. The van der Waals surface area contributed by atoms with E-state index in [1.54, 1.807) is 12.4 Å².